The van der Waals surface area contributed by atoms with Crippen molar-refractivity contribution in [2.24, 2.45) is 11.0 Å². The van der Waals surface area contributed by atoms with Crippen LogP contribution in [-0.4, -0.2) is 36.0 Å². The van der Waals surface area contributed by atoms with Gasteiger partial charge in [-0.15, -0.1) is 0 Å². The first-order valence-electron chi connectivity index (χ1n) is 9.42. The van der Waals surface area contributed by atoms with Crippen molar-refractivity contribution in [3.05, 3.63) is 39.6 Å². The third-order valence-electron chi connectivity index (χ3n) is 5.58. The molecule has 8 nitrogen and oxygen atoms in total. The van der Waals surface area contributed by atoms with Crippen LogP contribution in [-0.2, 0) is 15.4 Å². The standard InChI is InChI=1S/C19H24ClN5O3S/c1-11(7-12(2)29(4,26)27)28-18-15-9-22-17(20)8-14(15)16(10-23-18)19(3,24-25-21)13-5-6-13/h8-13H,5-7H2,1-4H3/t11-,12-,19+/m1/s1. The van der Waals surface area contributed by atoms with Gasteiger partial charge in [-0.2, -0.15) is 0 Å². The average Bonchev–Trinajstić information content (AvgIpc) is 3.46. The lowest BCUT2D eigenvalue weighted by atomic mass is 9.86. The molecule has 156 valence electrons. The van der Waals surface area contributed by atoms with E-state index in [0.717, 1.165) is 23.8 Å². The van der Waals surface area contributed by atoms with Crippen molar-refractivity contribution in [3.8, 4) is 5.88 Å². The largest absolute Gasteiger partial charge is 0.474 e. The van der Waals surface area contributed by atoms with Crippen molar-refractivity contribution < 1.29 is 13.2 Å². The third-order valence-corrected chi connectivity index (χ3v) is 7.44. The summed E-state index contributed by atoms with van der Waals surface area (Å²) in [5.41, 5.74) is 9.16. The van der Waals surface area contributed by atoms with Gasteiger partial charge in [0.15, 0.2) is 0 Å². The summed E-state index contributed by atoms with van der Waals surface area (Å²) in [7, 11) is -3.15. The summed E-state index contributed by atoms with van der Waals surface area (Å²) < 4.78 is 29.4. The van der Waals surface area contributed by atoms with Gasteiger partial charge in [-0.05, 0) is 62.1 Å². The summed E-state index contributed by atoms with van der Waals surface area (Å²) in [6.07, 6.45) is 6.39. The lowest BCUT2D eigenvalue weighted by Crippen LogP contribution is -2.25. The Labute approximate surface area is 175 Å². The molecule has 1 fully saturated rings. The second kappa shape index (κ2) is 7.97. The molecule has 0 amide bonds. The molecule has 2 aromatic heterocycles. The van der Waals surface area contributed by atoms with Gasteiger partial charge in [0.2, 0.25) is 5.88 Å². The molecule has 1 aliphatic carbocycles. The number of rotatable bonds is 8. The number of pyridine rings is 2. The summed E-state index contributed by atoms with van der Waals surface area (Å²) in [4.78, 5) is 11.7. The van der Waals surface area contributed by atoms with Gasteiger partial charge in [0.05, 0.1) is 22.3 Å². The predicted octanol–water partition coefficient (Wildman–Crippen LogP) is 4.81. The van der Waals surface area contributed by atoms with Crippen LogP contribution in [0.3, 0.4) is 0 Å². The smallest absolute Gasteiger partial charge is 0.223 e. The van der Waals surface area contributed by atoms with E-state index >= 15 is 0 Å². The molecule has 2 heterocycles. The zero-order valence-electron chi connectivity index (χ0n) is 16.8. The zero-order valence-corrected chi connectivity index (χ0v) is 18.4. The highest BCUT2D eigenvalue weighted by Gasteiger charge is 2.43. The Morgan fingerprint density at radius 3 is 2.62 bits per heavy atom. The Bertz CT molecular complexity index is 1080. The molecule has 1 saturated carbocycles. The van der Waals surface area contributed by atoms with Crippen LogP contribution < -0.4 is 4.74 Å². The van der Waals surface area contributed by atoms with E-state index in [0.29, 0.717) is 22.8 Å². The lowest BCUT2D eigenvalue weighted by molar-refractivity contribution is 0.205. The van der Waals surface area contributed by atoms with E-state index in [2.05, 4.69) is 20.0 Å². The maximum absolute atomic E-state index is 11.7. The fourth-order valence-electron chi connectivity index (χ4n) is 3.56. The Balaban J connectivity index is 2.02. The number of azide groups is 1. The molecular weight excluding hydrogens is 414 g/mol. The quantitative estimate of drug-likeness (QED) is 0.254. The Kier molecular flexibility index (Phi) is 5.94. The van der Waals surface area contributed by atoms with E-state index in [1.165, 1.54) is 6.26 Å². The van der Waals surface area contributed by atoms with Crippen molar-refractivity contribution in [2.75, 3.05) is 6.26 Å². The molecule has 3 rings (SSSR count). The monoisotopic (exact) mass is 437 g/mol. The number of sulfone groups is 1. The van der Waals surface area contributed by atoms with Crippen molar-refractivity contribution in [2.45, 2.75) is 56.9 Å². The van der Waals surface area contributed by atoms with E-state index in [1.54, 1.807) is 32.3 Å². The highest BCUT2D eigenvalue weighted by atomic mass is 35.5. The lowest BCUT2D eigenvalue weighted by Gasteiger charge is -2.26. The number of halogens is 1. The molecule has 10 heteroatoms. The van der Waals surface area contributed by atoms with E-state index < -0.39 is 20.6 Å². The summed E-state index contributed by atoms with van der Waals surface area (Å²) in [5, 5.41) is 5.29. The van der Waals surface area contributed by atoms with Gasteiger partial charge in [-0.3, -0.25) is 0 Å². The van der Waals surface area contributed by atoms with E-state index in [1.807, 2.05) is 6.92 Å². The first kappa shape index (κ1) is 21.6. The van der Waals surface area contributed by atoms with E-state index in [9.17, 15) is 8.42 Å². The fraction of sp³-hybridized carbons (Fsp3) is 0.579. The van der Waals surface area contributed by atoms with Crippen LogP contribution in [0.5, 0.6) is 5.88 Å². The number of aromatic nitrogens is 2. The maximum atomic E-state index is 11.7. The van der Waals surface area contributed by atoms with Crippen LogP contribution in [0.1, 0.15) is 45.6 Å². The van der Waals surface area contributed by atoms with Crippen LogP contribution in [0, 0.1) is 5.92 Å². The molecule has 29 heavy (non-hydrogen) atoms. The second-order valence-corrected chi connectivity index (χ2v) is 10.8. The van der Waals surface area contributed by atoms with Gasteiger partial charge >= 0.3 is 0 Å². The minimum atomic E-state index is -3.15. The van der Waals surface area contributed by atoms with Gasteiger partial charge in [-0.25, -0.2) is 18.4 Å². The molecular formula is C19H24ClN5O3S. The molecule has 0 saturated heterocycles. The molecule has 0 spiro atoms. The topological polar surface area (TPSA) is 118 Å². The maximum Gasteiger partial charge on any atom is 0.223 e. The minimum absolute atomic E-state index is 0.247. The molecule has 0 bridgehead atoms. The highest BCUT2D eigenvalue weighted by Crippen LogP contribution is 2.50. The van der Waals surface area contributed by atoms with Gasteiger partial charge in [0.1, 0.15) is 15.0 Å². The van der Waals surface area contributed by atoms with Crippen molar-refractivity contribution in [1.29, 1.82) is 0 Å². The molecule has 0 aliphatic heterocycles. The van der Waals surface area contributed by atoms with Crippen molar-refractivity contribution in [3.63, 3.8) is 0 Å². The second-order valence-electron chi connectivity index (χ2n) is 7.95. The van der Waals surface area contributed by atoms with Crippen LogP contribution in [0.25, 0.3) is 21.2 Å². The number of ether oxygens (including phenoxy) is 1. The summed E-state index contributed by atoms with van der Waals surface area (Å²) in [6, 6.07) is 1.72. The van der Waals surface area contributed by atoms with Crippen molar-refractivity contribution in [1.82, 2.24) is 9.97 Å². The summed E-state index contributed by atoms with van der Waals surface area (Å²) in [5.74, 6) is 0.594. The molecule has 0 aromatic carbocycles. The normalized spacial score (nSPS) is 18.5. The first-order chi connectivity index (χ1) is 13.6. The molecule has 0 N–H and O–H groups in total. The van der Waals surface area contributed by atoms with Crippen LogP contribution >= 0.6 is 11.6 Å². The third kappa shape index (κ3) is 4.57. The highest BCUT2D eigenvalue weighted by molar-refractivity contribution is 7.91. The van der Waals surface area contributed by atoms with E-state index in [4.69, 9.17) is 21.9 Å². The number of nitrogens with zero attached hydrogens (tertiary/aromatic N) is 5. The average molecular weight is 438 g/mol. The number of hydrogen-bond donors (Lipinski definition) is 0. The molecule has 2 aromatic rings. The fourth-order valence-corrected chi connectivity index (χ4v) is 4.34. The number of fused-ring (bicyclic) bond motifs is 1. The Morgan fingerprint density at radius 2 is 2.03 bits per heavy atom. The summed E-state index contributed by atoms with van der Waals surface area (Å²) in [6.45, 7) is 5.37. The van der Waals surface area contributed by atoms with Crippen LogP contribution in [0.15, 0.2) is 23.6 Å². The van der Waals surface area contributed by atoms with Crippen molar-refractivity contribution >= 4 is 32.2 Å². The zero-order chi connectivity index (χ0) is 21.4. The van der Waals surface area contributed by atoms with Crippen LogP contribution in [0.4, 0.5) is 0 Å². The van der Waals surface area contributed by atoms with E-state index in [-0.39, 0.29) is 12.0 Å². The van der Waals surface area contributed by atoms with Gasteiger partial charge in [0.25, 0.3) is 0 Å². The predicted molar refractivity (Wildman–Crippen MR) is 113 cm³/mol. The molecule has 0 unspecified atom stereocenters. The Morgan fingerprint density at radius 1 is 1.34 bits per heavy atom. The minimum Gasteiger partial charge on any atom is -0.474 e. The number of hydrogen-bond acceptors (Lipinski definition) is 6. The van der Waals surface area contributed by atoms with Gasteiger partial charge in [-0.1, -0.05) is 16.7 Å². The van der Waals surface area contributed by atoms with Crippen LogP contribution in [0.2, 0.25) is 5.15 Å². The first-order valence-corrected chi connectivity index (χ1v) is 11.8. The Hall–Kier alpha value is -2.09. The SMILES string of the molecule is C[C@H](C[C@@H](C)S(C)(=O)=O)Oc1ncc([C@@](C)(N=[N+]=[N-])C2CC2)c2cc(Cl)ncc12. The van der Waals surface area contributed by atoms with Gasteiger partial charge < -0.3 is 4.74 Å². The van der Waals surface area contributed by atoms with Gasteiger partial charge in [0, 0.05) is 30.0 Å². The molecule has 0 radical (unpaired) electrons. The molecule has 1 aliphatic rings. The molecule has 3 atom stereocenters. The summed E-state index contributed by atoms with van der Waals surface area (Å²) >= 11 is 6.15.